The molecule has 0 fully saturated rings. The normalized spacial score (nSPS) is 11.8. The van der Waals surface area contributed by atoms with E-state index < -0.39 is 53.5 Å². The number of nitrogens with zero attached hydrogens (tertiary/aromatic N) is 3. The number of nitrogens with two attached hydrogens (primary N) is 1. The van der Waals surface area contributed by atoms with Crippen LogP contribution < -0.4 is 15.4 Å². The average Bonchev–Trinajstić information content (AvgIpc) is 2.80. The number of methoxy groups -OCH3 is 1. The second kappa shape index (κ2) is 9.79. The molecule has 1 aromatic carbocycles. The summed E-state index contributed by atoms with van der Waals surface area (Å²) in [4.78, 5) is 31.9. The highest BCUT2D eigenvalue weighted by atomic mass is 19.4. The fraction of sp³-hybridized carbons (Fsp3) is 0.182. The molecule has 0 spiro atoms. The van der Waals surface area contributed by atoms with Gasteiger partial charge in [0.2, 0.25) is 5.91 Å². The van der Waals surface area contributed by atoms with Crippen LogP contribution in [0.3, 0.4) is 0 Å². The van der Waals surface area contributed by atoms with E-state index >= 15 is 0 Å². The molecule has 2 heterocycles. The Morgan fingerprint density at radius 3 is 2.17 bits per heavy atom. The standard InChI is InChI=1S/C22H15F7N4O3/c1-36-15-4-2-3-13(23)19(15)12-5-6-31-9-14(12)33(10-18(30)34)20(35)11-7-16(21(24,25)26)32-17(8-11)22(27,28)29/h2-9H,10H2,1H3,(H2,30,34). The Hall–Kier alpha value is -4.23. The highest BCUT2D eigenvalue weighted by Crippen LogP contribution is 2.39. The molecule has 14 heteroatoms. The summed E-state index contributed by atoms with van der Waals surface area (Å²) in [7, 11) is 1.22. The lowest BCUT2D eigenvalue weighted by Crippen LogP contribution is -2.39. The zero-order valence-electron chi connectivity index (χ0n) is 18.1. The number of amides is 2. The van der Waals surface area contributed by atoms with Crippen molar-refractivity contribution < 1.29 is 45.1 Å². The van der Waals surface area contributed by atoms with Gasteiger partial charge in [0.1, 0.15) is 29.5 Å². The van der Waals surface area contributed by atoms with Crippen molar-refractivity contribution in [3.8, 4) is 16.9 Å². The van der Waals surface area contributed by atoms with Gasteiger partial charge in [0.05, 0.1) is 24.6 Å². The Morgan fingerprint density at radius 1 is 1.03 bits per heavy atom. The first-order chi connectivity index (χ1) is 16.7. The summed E-state index contributed by atoms with van der Waals surface area (Å²) in [5.41, 5.74) is -0.508. The smallest absolute Gasteiger partial charge is 0.433 e. The molecule has 190 valence electrons. The largest absolute Gasteiger partial charge is 0.496 e. The maximum absolute atomic E-state index is 14.8. The molecule has 3 rings (SSSR count). The van der Waals surface area contributed by atoms with Gasteiger partial charge < -0.3 is 10.5 Å². The number of halogens is 7. The highest BCUT2D eigenvalue weighted by Gasteiger charge is 2.40. The second-order valence-corrected chi connectivity index (χ2v) is 7.19. The van der Waals surface area contributed by atoms with E-state index in [2.05, 4.69) is 9.97 Å². The maximum Gasteiger partial charge on any atom is 0.433 e. The van der Waals surface area contributed by atoms with Crippen LogP contribution in [-0.4, -0.2) is 35.4 Å². The molecule has 36 heavy (non-hydrogen) atoms. The zero-order valence-corrected chi connectivity index (χ0v) is 18.1. The van der Waals surface area contributed by atoms with Crippen LogP contribution in [0.25, 0.3) is 11.1 Å². The van der Waals surface area contributed by atoms with Crippen molar-refractivity contribution in [3.63, 3.8) is 0 Å². The monoisotopic (exact) mass is 516 g/mol. The van der Waals surface area contributed by atoms with E-state index in [1.165, 1.54) is 31.5 Å². The lowest BCUT2D eigenvalue weighted by molar-refractivity contribution is -0.150. The van der Waals surface area contributed by atoms with Gasteiger partial charge in [-0.3, -0.25) is 19.5 Å². The summed E-state index contributed by atoms with van der Waals surface area (Å²) in [6, 6.07) is 5.16. The summed E-state index contributed by atoms with van der Waals surface area (Å²) in [5, 5.41) is 0. The van der Waals surface area contributed by atoms with Gasteiger partial charge in [-0.05, 0) is 30.3 Å². The van der Waals surface area contributed by atoms with E-state index in [0.717, 1.165) is 12.3 Å². The molecule has 2 amide bonds. The first-order valence-corrected chi connectivity index (χ1v) is 9.77. The number of pyridine rings is 2. The number of carbonyl (C=O) groups is 2. The van der Waals surface area contributed by atoms with Crippen LogP contribution in [0.5, 0.6) is 5.75 Å². The molecule has 0 saturated carbocycles. The Labute approximate surface area is 198 Å². The fourth-order valence-corrected chi connectivity index (χ4v) is 3.27. The molecule has 0 unspecified atom stereocenters. The van der Waals surface area contributed by atoms with Crippen LogP contribution in [0, 0.1) is 5.82 Å². The maximum atomic E-state index is 14.8. The number of primary amides is 1. The number of anilines is 1. The third-order valence-electron chi connectivity index (χ3n) is 4.77. The number of benzene rings is 1. The minimum Gasteiger partial charge on any atom is -0.496 e. The quantitative estimate of drug-likeness (QED) is 0.488. The lowest BCUT2D eigenvalue weighted by Gasteiger charge is -2.25. The number of hydrogen-bond donors (Lipinski definition) is 1. The summed E-state index contributed by atoms with van der Waals surface area (Å²) >= 11 is 0. The first-order valence-electron chi connectivity index (χ1n) is 9.77. The minimum atomic E-state index is -5.33. The predicted octanol–water partition coefficient (Wildman–Crippen LogP) is 4.46. The van der Waals surface area contributed by atoms with E-state index in [1.807, 2.05) is 0 Å². The molecule has 0 saturated heterocycles. The van der Waals surface area contributed by atoms with Gasteiger partial charge in [0.15, 0.2) is 0 Å². The van der Waals surface area contributed by atoms with Gasteiger partial charge in [-0.1, -0.05) is 6.07 Å². The topological polar surface area (TPSA) is 98.4 Å². The molecule has 0 aliphatic rings. The lowest BCUT2D eigenvalue weighted by atomic mass is 10.0. The van der Waals surface area contributed by atoms with Gasteiger partial charge in [-0.15, -0.1) is 0 Å². The van der Waals surface area contributed by atoms with Crippen LogP contribution in [0.4, 0.5) is 36.4 Å². The van der Waals surface area contributed by atoms with Crippen molar-refractivity contribution in [2.75, 3.05) is 18.6 Å². The van der Waals surface area contributed by atoms with E-state index in [9.17, 15) is 40.3 Å². The number of carbonyl (C=O) groups excluding carboxylic acids is 2. The van der Waals surface area contributed by atoms with Crippen molar-refractivity contribution in [1.82, 2.24) is 9.97 Å². The number of alkyl halides is 6. The summed E-state index contributed by atoms with van der Waals surface area (Å²) in [5.74, 6) is -3.50. The second-order valence-electron chi connectivity index (χ2n) is 7.19. The molecule has 0 aliphatic carbocycles. The van der Waals surface area contributed by atoms with E-state index in [0.29, 0.717) is 4.90 Å². The van der Waals surface area contributed by atoms with Crippen LogP contribution in [0.15, 0.2) is 48.8 Å². The zero-order chi connectivity index (χ0) is 26.8. The molecule has 7 nitrogen and oxygen atoms in total. The molecule has 2 N–H and O–H groups in total. The average molecular weight is 516 g/mol. The molecular formula is C22H15F7N4O3. The van der Waals surface area contributed by atoms with E-state index in [4.69, 9.17) is 10.5 Å². The summed E-state index contributed by atoms with van der Waals surface area (Å²) in [6.07, 6.45) is -8.50. The molecule has 0 bridgehead atoms. The van der Waals surface area contributed by atoms with Crippen molar-refractivity contribution in [2.24, 2.45) is 5.73 Å². The summed E-state index contributed by atoms with van der Waals surface area (Å²) in [6.45, 7) is -0.987. The first kappa shape index (κ1) is 26.4. The van der Waals surface area contributed by atoms with Gasteiger partial charge >= 0.3 is 12.4 Å². The molecule has 0 radical (unpaired) electrons. The Bertz CT molecular complexity index is 1280. The van der Waals surface area contributed by atoms with Crippen LogP contribution in [0.2, 0.25) is 0 Å². The Morgan fingerprint density at radius 2 is 1.64 bits per heavy atom. The van der Waals surface area contributed by atoms with Crippen LogP contribution >= 0.6 is 0 Å². The van der Waals surface area contributed by atoms with Crippen molar-refractivity contribution in [1.29, 1.82) is 0 Å². The van der Waals surface area contributed by atoms with E-state index in [1.54, 1.807) is 0 Å². The van der Waals surface area contributed by atoms with Crippen LogP contribution in [-0.2, 0) is 17.1 Å². The minimum absolute atomic E-state index is 0.0171. The van der Waals surface area contributed by atoms with Gasteiger partial charge in [-0.2, -0.15) is 26.3 Å². The third-order valence-corrected chi connectivity index (χ3v) is 4.77. The van der Waals surface area contributed by atoms with Gasteiger partial charge in [0, 0.05) is 17.3 Å². The molecule has 0 aliphatic heterocycles. The predicted molar refractivity (Wildman–Crippen MR) is 111 cm³/mol. The Balaban J connectivity index is 2.26. The molecule has 0 atom stereocenters. The molecule has 2 aromatic heterocycles. The van der Waals surface area contributed by atoms with Crippen molar-refractivity contribution in [2.45, 2.75) is 12.4 Å². The number of ether oxygens (including phenoxy) is 1. The third kappa shape index (κ3) is 5.53. The number of hydrogen-bond acceptors (Lipinski definition) is 5. The van der Waals surface area contributed by atoms with Gasteiger partial charge in [0.25, 0.3) is 5.91 Å². The fourth-order valence-electron chi connectivity index (χ4n) is 3.27. The van der Waals surface area contributed by atoms with Crippen molar-refractivity contribution in [3.05, 3.63) is 71.6 Å². The number of rotatable bonds is 6. The SMILES string of the molecule is COc1cccc(F)c1-c1ccncc1N(CC(N)=O)C(=O)c1cc(C(F)(F)F)nc(C(F)(F)F)c1. The van der Waals surface area contributed by atoms with E-state index in [-0.39, 0.29) is 34.7 Å². The highest BCUT2D eigenvalue weighted by molar-refractivity contribution is 6.10. The van der Waals surface area contributed by atoms with Gasteiger partial charge in [-0.25, -0.2) is 9.37 Å². The van der Waals surface area contributed by atoms with Crippen LogP contribution in [0.1, 0.15) is 21.7 Å². The Kier molecular flexibility index (Phi) is 7.17. The van der Waals surface area contributed by atoms with Crippen molar-refractivity contribution >= 4 is 17.5 Å². The summed E-state index contributed by atoms with van der Waals surface area (Å²) < 4.78 is 99.4. The molecule has 3 aromatic rings. The molecular weight excluding hydrogens is 501 g/mol. The number of aromatic nitrogens is 2.